The van der Waals surface area contributed by atoms with Crippen molar-refractivity contribution in [3.63, 3.8) is 0 Å². The number of carbonyl (C=O) groups excluding carboxylic acids is 2. The highest BCUT2D eigenvalue weighted by Gasteiger charge is 2.32. The van der Waals surface area contributed by atoms with Gasteiger partial charge >= 0.3 is 0 Å². The van der Waals surface area contributed by atoms with Crippen molar-refractivity contribution in [3.05, 3.63) is 63.5 Å². The van der Waals surface area contributed by atoms with Crippen LogP contribution in [0.3, 0.4) is 0 Å². The quantitative estimate of drug-likeness (QED) is 0.240. The molecule has 1 fully saturated rings. The van der Waals surface area contributed by atoms with Crippen molar-refractivity contribution in [1.29, 1.82) is 0 Å². The van der Waals surface area contributed by atoms with Crippen molar-refractivity contribution < 1.29 is 18.7 Å². The first-order valence-electron chi connectivity index (χ1n) is 10.3. The number of amides is 2. The molecule has 0 atom stereocenters. The van der Waals surface area contributed by atoms with Gasteiger partial charge in [-0.25, -0.2) is 0 Å². The zero-order valence-corrected chi connectivity index (χ0v) is 21.1. The molecule has 3 aromatic rings. The number of halogens is 1. The van der Waals surface area contributed by atoms with Gasteiger partial charge in [0, 0.05) is 47.4 Å². The monoisotopic (exact) mass is 547 g/mol. The van der Waals surface area contributed by atoms with E-state index in [9.17, 15) is 9.59 Å². The number of thioether (sulfide) groups is 1. The van der Waals surface area contributed by atoms with E-state index in [1.807, 2.05) is 41.1 Å². The number of benzene rings is 1. The van der Waals surface area contributed by atoms with Crippen LogP contribution in [-0.2, 0) is 27.4 Å². The molecule has 1 saturated heterocycles. The molecule has 0 spiro atoms. The molecule has 1 aliphatic rings. The van der Waals surface area contributed by atoms with Gasteiger partial charge in [-0.1, -0.05) is 39.9 Å². The Balaban J connectivity index is 1.58. The number of thiocarbonyl (C=S) groups is 1. The van der Waals surface area contributed by atoms with E-state index in [2.05, 4.69) is 21.2 Å². The molecule has 1 N–H and O–H groups in total. The first kappa shape index (κ1) is 23.7. The van der Waals surface area contributed by atoms with Crippen LogP contribution in [0.1, 0.15) is 17.7 Å². The molecule has 0 saturated carbocycles. The lowest BCUT2D eigenvalue weighted by Crippen LogP contribution is -2.28. The number of nitrogens with one attached hydrogen (secondary N) is 1. The molecule has 7 nitrogen and oxygen atoms in total. The van der Waals surface area contributed by atoms with Crippen molar-refractivity contribution in [2.75, 3.05) is 20.3 Å². The van der Waals surface area contributed by atoms with Crippen LogP contribution < -0.4 is 5.32 Å². The summed E-state index contributed by atoms with van der Waals surface area (Å²) >= 11 is 10.2. The van der Waals surface area contributed by atoms with Crippen LogP contribution >= 0.6 is 39.9 Å². The number of carbonyl (C=O) groups is 2. The predicted molar refractivity (Wildman–Crippen MR) is 137 cm³/mol. The van der Waals surface area contributed by atoms with Gasteiger partial charge in [0.15, 0.2) is 0 Å². The highest BCUT2D eigenvalue weighted by Crippen LogP contribution is 2.35. The Labute approximate surface area is 209 Å². The van der Waals surface area contributed by atoms with E-state index in [4.69, 9.17) is 21.4 Å². The fourth-order valence-electron chi connectivity index (χ4n) is 3.53. The second-order valence-corrected chi connectivity index (χ2v) is 10.0. The smallest absolute Gasteiger partial charge is 0.266 e. The van der Waals surface area contributed by atoms with Gasteiger partial charge in [-0.05, 0) is 42.8 Å². The van der Waals surface area contributed by atoms with E-state index < -0.39 is 0 Å². The zero-order valence-electron chi connectivity index (χ0n) is 17.9. The van der Waals surface area contributed by atoms with Crippen LogP contribution in [0.4, 0.5) is 0 Å². The van der Waals surface area contributed by atoms with Crippen LogP contribution in [0.5, 0.6) is 0 Å². The van der Waals surface area contributed by atoms with Crippen molar-refractivity contribution in [1.82, 2.24) is 14.8 Å². The standard InChI is InChI=1S/C23H22BrN3O4S2/c1-30-8-3-7-25-21(28)14-26-12-15(18-11-16(24)5-6-19(18)26)10-20-22(29)27(23(32)33-20)13-17-4-2-9-31-17/h2,4-6,9-12H,3,7-8,13-14H2,1H3,(H,25,28)/b20-10-. The highest BCUT2D eigenvalue weighted by molar-refractivity contribution is 9.10. The molecule has 2 amide bonds. The molecule has 2 aromatic heterocycles. The fraction of sp³-hybridized carbons (Fsp3) is 0.261. The van der Waals surface area contributed by atoms with Crippen LogP contribution in [0.2, 0.25) is 0 Å². The van der Waals surface area contributed by atoms with E-state index in [0.717, 1.165) is 27.4 Å². The van der Waals surface area contributed by atoms with Crippen LogP contribution in [0.25, 0.3) is 17.0 Å². The van der Waals surface area contributed by atoms with Crippen molar-refractivity contribution >= 4 is 73.0 Å². The maximum absolute atomic E-state index is 13.0. The van der Waals surface area contributed by atoms with Gasteiger partial charge < -0.3 is 19.0 Å². The molecule has 1 aliphatic heterocycles. The second-order valence-electron chi connectivity index (χ2n) is 7.42. The molecule has 33 heavy (non-hydrogen) atoms. The third-order valence-corrected chi connectivity index (χ3v) is 6.96. The Hall–Kier alpha value is -2.40. The Morgan fingerprint density at radius 2 is 2.21 bits per heavy atom. The minimum atomic E-state index is -0.159. The van der Waals surface area contributed by atoms with Crippen LogP contribution in [0, 0.1) is 0 Å². The summed E-state index contributed by atoms with van der Waals surface area (Å²) in [6.45, 7) is 1.63. The average Bonchev–Trinajstić information content (AvgIpc) is 3.48. The lowest BCUT2D eigenvalue weighted by molar-refractivity contribution is -0.123. The number of fused-ring (bicyclic) bond motifs is 1. The van der Waals surface area contributed by atoms with Crippen LogP contribution in [-0.4, -0.2) is 45.9 Å². The number of nitrogens with zero attached hydrogens (tertiary/aromatic N) is 2. The normalized spacial score (nSPS) is 15.2. The van der Waals surface area contributed by atoms with Gasteiger partial charge in [0.1, 0.15) is 16.6 Å². The molecule has 10 heteroatoms. The van der Waals surface area contributed by atoms with Gasteiger partial charge in [0.05, 0.1) is 17.7 Å². The Kier molecular flexibility index (Phi) is 7.69. The fourth-order valence-corrected chi connectivity index (χ4v) is 5.14. The number of hydrogen-bond donors (Lipinski definition) is 1. The summed E-state index contributed by atoms with van der Waals surface area (Å²) < 4.78 is 13.7. The van der Waals surface area contributed by atoms with Gasteiger partial charge in [0.25, 0.3) is 5.91 Å². The largest absolute Gasteiger partial charge is 0.467 e. The third kappa shape index (κ3) is 5.57. The number of ether oxygens (including phenoxy) is 1. The maximum Gasteiger partial charge on any atom is 0.266 e. The summed E-state index contributed by atoms with van der Waals surface area (Å²) in [6.07, 6.45) is 6.06. The third-order valence-electron chi connectivity index (χ3n) is 5.09. The van der Waals surface area contributed by atoms with E-state index >= 15 is 0 Å². The molecule has 0 unspecified atom stereocenters. The van der Waals surface area contributed by atoms with Gasteiger partial charge in [-0.3, -0.25) is 14.5 Å². The number of aromatic nitrogens is 1. The number of furan rings is 1. The van der Waals surface area contributed by atoms with E-state index in [0.29, 0.717) is 34.7 Å². The Morgan fingerprint density at radius 3 is 2.97 bits per heavy atom. The first-order valence-corrected chi connectivity index (χ1v) is 12.3. The zero-order chi connectivity index (χ0) is 23.4. The molecular formula is C23H22BrN3O4S2. The van der Waals surface area contributed by atoms with Gasteiger partial charge in [-0.2, -0.15) is 0 Å². The first-order chi connectivity index (χ1) is 16.0. The molecule has 0 bridgehead atoms. The molecule has 0 radical (unpaired) electrons. The maximum atomic E-state index is 13.0. The van der Waals surface area contributed by atoms with Crippen LogP contribution in [0.15, 0.2) is 56.6 Å². The number of methoxy groups -OCH3 is 1. The van der Waals surface area contributed by atoms with Crippen molar-refractivity contribution in [2.45, 2.75) is 19.5 Å². The molecule has 3 heterocycles. The number of rotatable bonds is 9. The summed E-state index contributed by atoms with van der Waals surface area (Å²) in [4.78, 5) is 27.5. The number of hydrogen-bond acceptors (Lipinski definition) is 6. The van der Waals surface area contributed by atoms with Crippen molar-refractivity contribution in [2.24, 2.45) is 0 Å². The Morgan fingerprint density at radius 1 is 1.36 bits per heavy atom. The molecule has 172 valence electrons. The van der Waals surface area contributed by atoms with Gasteiger partial charge in [0.2, 0.25) is 5.91 Å². The SMILES string of the molecule is COCCCNC(=O)Cn1cc(/C=C2\SC(=S)N(Cc3ccco3)C2=O)c2cc(Br)ccc21. The minimum absolute atomic E-state index is 0.0813. The summed E-state index contributed by atoms with van der Waals surface area (Å²) in [5, 5.41) is 3.85. The molecule has 0 aliphatic carbocycles. The van der Waals surface area contributed by atoms with Gasteiger partial charge in [-0.15, -0.1) is 0 Å². The average molecular weight is 548 g/mol. The predicted octanol–water partition coefficient (Wildman–Crippen LogP) is 4.55. The lowest BCUT2D eigenvalue weighted by Gasteiger charge is -2.11. The summed E-state index contributed by atoms with van der Waals surface area (Å²) in [7, 11) is 1.64. The minimum Gasteiger partial charge on any atom is -0.467 e. The van der Waals surface area contributed by atoms with E-state index in [-0.39, 0.29) is 18.4 Å². The highest BCUT2D eigenvalue weighted by atomic mass is 79.9. The lowest BCUT2D eigenvalue weighted by atomic mass is 10.1. The van der Waals surface area contributed by atoms with Crippen molar-refractivity contribution in [3.8, 4) is 0 Å². The summed E-state index contributed by atoms with van der Waals surface area (Å²) in [5.74, 6) is 0.431. The molecule has 4 rings (SSSR count). The second kappa shape index (κ2) is 10.7. The van der Waals surface area contributed by atoms with E-state index in [1.54, 1.807) is 19.4 Å². The summed E-state index contributed by atoms with van der Waals surface area (Å²) in [5.41, 5.74) is 1.75. The summed E-state index contributed by atoms with van der Waals surface area (Å²) in [6, 6.07) is 9.47. The Bertz CT molecular complexity index is 1220. The van der Waals surface area contributed by atoms with E-state index in [1.165, 1.54) is 16.7 Å². The molecular weight excluding hydrogens is 526 g/mol. The topological polar surface area (TPSA) is 76.7 Å². The molecule has 1 aromatic carbocycles.